The third-order valence-electron chi connectivity index (χ3n) is 7.68. The molecule has 2 N–H and O–H groups in total. The second kappa shape index (κ2) is 5.40. The van der Waals surface area contributed by atoms with E-state index >= 15 is 0 Å². The molecule has 0 heterocycles. The highest BCUT2D eigenvalue weighted by Gasteiger charge is 2.60. The highest BCUT2D eigenvalue weighted by atomic mass is 16.3. The van der Waals surface area contributed by atoms with Crippen molar-refractivity contribution in [3.63, 3.8) is 0 Å². The summed E-state index contributed by atoms with van der Waals surface area (Å²) in [5.74, 6) is 1.36. The van der Waals surface area contributed by atoms with Gasteiger partial charge >= 0.3 is 0 Å². The Hall–Kier alpha value is -1.19. The van der Waals surface area contributed by atoms with Crippen molar-refractivity contribution in [2.45, 2.75) is 52.1 Å². The molecule has 4 aliphatic carbocycles. The minimum Gasteiger partial charge on any atom is -0.393 e. The highest BCUT2D eigenvalue weighted by molar-refractivity contribution is 6.01. The molecule has 3 nitrogen and oxygen atoms in total. The van der Waals surface area contributed by atoms with Gasteiger partial charge in [0, 0.05) is 11.3 Å². The highest BCUT2D eigenvalue weighted by Crippen LogP contribution is 2.65. The average Bonchev–Trinajstić information content (AvgIpc) is 2.84. The fourth-order valence-corrected chi connectivity index (χ4v) is 6.62. The van der Waals surface area contributed by atoms with Crippen LogP contribution in [0.15, 0.2) is 35.5 Å². The molecule has 24 heavy (non-hydrogen) atoms. The van der Waals surface area contributed by atoms with Crippen molar-refractivity contribution in [3.8, 4) is 0 Å². The molecule has 0 unspecified atom stereocenters. The molecule has 3 heteroatoms. The predicted octanol–water partition coefficient (Wildman–Crippen LogP) is 3.18. The van der Waals surface area contributed by atoms with E-state index in [1.807, 2.05) is 12.2 Å². The van der Waals surface area contributed by atoms with E-state index in [1.165, 1.54) is 11.1 Å². The minimum atomic E-state index is -0.358. The number of fused-ring (bicyclic) bond motifs is 5. The molecule has 0 aromatic rings. The van der Waals surface area contributed by atoms with Gasteiger partial charge in [-0.3, -0.25) is 4.79 Å². The third kappa shape index (κ3) is 2.07. The van der Waals surface area contributed by atoms with E-state index in [0.29, 0.717) is 11.8 Å². The molecule has 6 atom stereocenters. The molecule has 3 saturated carbocycles. The second-order valence-electron chi connectivity index (χ2n) is 8.66. The molecule has 0 aliphatic heterocycles. The van der Waals surface area contributed by atoms with Gasteiger partial charge in [0.1, 0.15) is 0 Å². The summed E-state index contributed by atoms with van der Waals surface area (Å²) in [6.45, 7) is 4.60. The standard InChI is InChI=1S/C21H28O3/c1-20-9-7-15(23)11-14(20)3-5-16-17-6-4-13(8-10-22)21(17,2)12-18(24)19(16)20/h7-9,11,16-19,22,24H,3-6,10,12H2,1-2H3/b13-8-/t16-,17-,18-,19+,20+,21-/m1/s1. The molecule has 0 radical (unpaired) electrons. The lowest BCUT2D eigenvalue weighted by atomic mass is 9.47. The summed E-state index contributed by atoms with van der Waals surface area (Å²) in [6, 6.07) is 0. The van der Waals surface area contributed by atoms with E-state index in [2.05, 4.69) is 19.9 Å². The maximum Gasteiger partial charge on any atom is 0.178 e. The van der Waals surface area contributed by atoms with Crippen LogP contribution in [0.3, 0.4) is 0 Å². The van der Waals surface area contributed by atoms with Gasteiger partial charge in [-0.25, -0.2) is 0 Å². The van der Waals surface area contributed by atoms with Crippen LogP contribution in [0, 0.1) is 28.6 Å². The van der Waals surface area contributed by atoms with Crippen molar-refractivity contribution in [2.24, 2.45) is 28.6 Å². The fourth-order valence-electron chi connectivity index (χ4n) is 6.62. The van der Waals surface area contributed by atoms with Crippen molar-refractivity contribution in [1.29, 1.82) is 0 Å². The Morgan fingerprint density at radius 1 is 1.29 bits per heavy atom. The van der Waals surface area contributed by atoms with Crippen LogP contribution in [0.4, 0.5) is 0 Å². The molecule has 0 aromatic carbocycles. The summed E-state index contributed by atoms with van der Waals surface area (Å²) in [7, 11) is 0. The van der Waals surface area contributed by atoms with Gasteiger partial charge in [0.2, 0.25) is 0 Å². The lowest BCUT2D eigenvalue weighted by molar-refractivity contribution is -0.112. The van der Waals surface area contributed by atoms with E-state index in [1.54, 1.807) is 6.08 Å². The topological polar surface area (TPSA) is 57.5 Å². The lowest BCUT2D eigenvalue weighted by Crippen LogP contribution is -2.55. The normalized spacial score (nSPS) is 48.8. The number of carbonyl (C=O) groups excluding carboxylic acids is 1. The summed E-state index contributed by atoms with van der Waals surface area (Å²) in [6.07, 6.45) is 12.2. The summed E-state index contributed by atoms with van der Waals surface area (Å²) in [5.41, 5.74) is 2.40. The van der Waals surface area contributed by atoms with Crippen molar-refractivity contribution >= 4 is 5.78 Å². The number of hydrogen-bond acceptors (Lipinski definition) is 3. The van der Waals surface area contributed by atoms with Gasteiger partial charge in [0.25, 0.3) is 0 Å². The molecule has 4 rings (SSSR count). The number of aliphatic hydroxyl groups excluding tert-OH is 2. The first-order chi connectivity index (χ1) is 11.4. The van der Waals surface area contributed by atoms with Crippen molar-refractivity contribution in [1.82, 2.24) is 0 Å². The van der Waals surface area contributed by atoms with Gasteiger partial charge < -0.3 is 10.2 Å². The Labute approximate surface area is 144 Å². The molecule has 4 aliphatic rings. The summed E-state index contributed by atoms with van der Waals surface area (Å²) >= 11 is 0. The molecule has 0 amide bonds. The maximum atomic E-state index is 11.8. The molecule has 3 fully saturated rings. The largest absolute Gasteiger partial charge is 0.393 e. The van der Waals surface area contributed by atoms with Crippen molar-refractivity contribution < 1.29 is 15.0 Å². The SMILES string of the molecule is C[C@]12C=CC(=O)C=C1CC[C@H]1[C@H]2[C@H](O)C[C@]2(C)/C(=C\CO)CC[C@H]12. The van der Waals surface area contributed by atoms with Crippen molar-refractivity contribution in [3.05, 3.63) is 35.5 Å². The molecule has 0 bridgehead atoms. The Kier molecular flexibility index (Phi) is 3.67. The summed E-state index contributed by atoms with van der Waals surface area (Å²) in [5, 5.41) is 20.5. The minimum absolute atomic E-state index is 0.0229. The van der Waals surface area contributed by atoms with E-state index in [4.69, 9.17) is 0 Å². The number of aliphatic hydroxyl groups is 2. The Balaban J connectivity index is 1.74. The van der Waals surface area contributed by atoms with Gasteiger partial charge in [-0.2, -0.15) is 0 Å². The predicted molar refractivity (Wildman–Crippen MR) is 93.2 cm³/mol. The van der Waals surface area contributed by atoms with Gasteiger partial charge in [-0.15, -0.1) is 0 Å². The average molecular weight is 328 g/mol. The Morgan fingerprint density at radius 2 is 2.08 bits per heavy atom. The van der Waals surface area contributed by atoms with Crippen molar-refractivity contribution in [2.75, 3.05) is 6.61 Å². The first-order valence-electron chi connectivity index (χ1n) is 9.33. The molecule has 130 valence electrons. The number of rotatable bonds is 1. The van der Waals surface area contributed by atoms with E-state index in [-0.39, 0.29) is 35.2 Å². The van der Waals surface area contributed by atoms with Gasteiger partial charge in [0.15, 0.2) is 5.78 Å². The fraction of sp³-hybridized carbons (Fsp3) is 0.667. The first-order valence-corrected chi connectivity index (χ1v) is 9.33. The van der Waals surface area contributed by atoms with Crippen LogP contribution in [0.1, 0.15) is 46.0 Å². The van der Waals surface area contributed by atoms with Crippen LogP contribution < -0.4 is 0 Å². The van der Waals surface area contributed by atoms with Gasteiger partial charge in [-0.05, 0) is 61.5 Å². The molecular formula is C21H28O3. The molecular weight excluding hydrogens is 300 g/mol. The Morgan fingerprint density at radius 3 is 2.83 bits per heavy atom. The van der Waals surface area contributed by atoms with Gasteiger partial charge in [-0.1, -0.05) is 37.1 Å². The summed E-state index contributed by atoms with van der Waals surface area (Å²) in [4.78, 5) is 11.8. The molecule has 0 saturated heterocycles. The van der Waals surface area contributed by atoms with E-state index in [0.717, 1.165) is 32.1 Å². The number of ketones is 1. The number of carbonyl (C=O) groups is 1. The smallest absolute Gasteiger partial charge is 0.178 e. The molecule has 0 aromatic heterocycles. The van der Waals surface area contributed by atoms with Gasteiger partial charge in [0.05, 0.1) is 12.7 Å². The van der Waals surface area contributed by atoms with Crippen LogP contribution in [0.25, 0.3) is 0 Å². The van der Waals surface area contributed by atoms with Crippen LogP contribution in [-0.2, 0) is 4.79 Å². The quantitative estimate of drug-likeness (QED) is 0.727. The van der Waals surface area contributed by atoms with Crippen LogP contribution in [0.2, 0.25) is 0 Å². The zero-order valence-electron chi connectivity index (χ0n) is 14.7. The molecule has 0 spiro atoms. The maximum absolute atomic E-state index is 11.8. The van der Waals surface area contributed by atoms with Crippen LogP contribution in [0.5, 0.6) is 0 Å². The van der Waals surface area contributed by atoms with Crippen LogP contribution in [-0.4, -0.2) is 28.7 Å². The first kappa shape index (κ1) is 16.3. The number of allylic oxidation sites excluding steroid dienone is 5. The van der Waals surface area contributed by atoms with E-state index < -0.39 is 0 Å². The Bertz CT molecular complexity index is 658. The summed E-state index contributed by atoms with van der Waals surface area (Å²) < 4.78 is 0. The van der Waals surface area contributed by atoms with E-state index in [9.17, 15) is 15.0 Å². The lowest BCUT2D eigenvalue weighted by Gasteiger charge is -2.58. The monoisotopic (exact) mass is 328 g/mol. The zero-order chi connectivity index (χ0) is 17.1. The third-order valence-corrected chi connectivity index (χ3v) is 7.68. The zero-order valence-corrected chi connectivity index (χ0v) is 14.7. The number of hydrogen-bond donors (Lipinski definition) is 2. The van der Waals surface area contributed by atoms with Crippen LogP contribution >= 0.6 is 0 Å². The second-order valence-corrected chi connectivity index (χ2v) is 8.66.